The second kappa shape index (κ2) is 3.46. The third-order valence-corrected chi connectivity index (χ3v) is 1.29. The summed E-state index contributed by atoms with van der Waals surface area (Å²) in [6.07, 6.45) is -1.07. The van der Waals surface area contributed by atoms with Crippen LogP contribution in [-0.4, -0.2) is 28.1 Å². The quantitative estimate of drug-likeness (QED) is 0.674. The maximum atomic E-state index is 12.4. The zero-order valence-corrected chi connectivity index (χ0v) is 6.25. The van der Waals surface area contributed by atoms with Crippen LogP contribution in [0.2, 0.25) is 0 Å². The Labute approximate surface area is 66.8 Å². The van der Waals surface area contributed by atoms with E-state index >= 15 is 0 Å². The lowest BCUT2D eigenvalue weighted by Gasteiger charge is -2.16. The predicted octanol–water partition coefficient (Wildman–Crippen LogP) is 0.817. The third kappa shape index (κ3) is 3.27. The molecular weight excluding hydrogens is 174 g/mol. The maximum Gasteiger partial charge on any atom is 0.313 e. The molecule has 0 bridgehead atoms. The van der Waals surface area contributed by atoms with Gasteiger partial charge in [-0.15, -0.1) is 0 Å². The third-order valence-electron chi connectivity index (χ3n) is 1.29. The van der Waals surface area contributed by atoms with Crippen molar-refractivity contribution in [1.29, 1.82) is 0 Å². The highest BCUT2D eigenvalue weighted by Gasteiger charge is 2.41. The van der Waals surface area contributed by atoms with E-state index < -0.39 is 30.2 Å². The van der Waals surface area contributed by atoms with Gasteiger partial charge in [-0.25, -0.2) is 8.78 Å². The first kappa shape index (κ1) is 10.8. The summed E-state index contributed by atoms with van der Waals surface area (Å²) in [4.78, 5) is 20.1. The van der Waals surface area contributed by atoms with Crippen molar-refractivity contribution in [1.82, 2.24) is 0 Å². The smallest absolute Gasteiger partial charge is 0.313 e. The molecule has 0 saturated carbocycles. The lowest BCUT2D eigenvalue weighted by atomic mass is 9.99. The summed E-state index contributed by atoms with van der Waals surface area (Å²) in [6.45, 7) is 0.384. The van der Waals surface area contributed by atoms with Crippen LogP contribution in [0, 0.1) is 5.92 Å². The topological polar surface area (TPSA) is 74.6 Å². The molecule has 0 rings (SSSR count). The van der Waals surface area contributed by atoms with Crippen LogP contribution in [-0.2, 0) is 9.59 Å². The molecule has 0 aromatic carbocycles. The summed E-state index contributed by atoms with van der Waals surface area (Å²) in [5, 5.41) is 16.3. The average molecular weight is 182 g/mol. The monoisotopic (exact) mass is 182 g/mol. The van der Waals surface area contributed by atoms with Crippen molar-refractivity contribution in [3.8, 4) is 0 Å². The van der Waals surface area contributed by atoms with Crippen molar-refractivity contribution < 1.29 is 28.6 Å². The van der Waals surface area contributed by atoms with Crippen molar-refractivity contribution in [3.63, 3.8) is 0 Å². The lowest BCUT2D eigenvalue weighted by molar-refractivity contribution is -0.161. The SMILES string of the molecule is CC(F)(F)C(CC(=O)O)C(=O)O. The minimum Gasteiger partial charge on any atom is -0.481 e. The van der Waals surface area contributed by atoms with Gasteiger partial charge in [-0.1, -0.05) is 0 Å². The van der Waals surface area contributed by atoms with Crippen LogP contribution in [0.5, 0.6) is 0 Å². The summed E-state index contributed by atoms with van der Waals surface area (Å²) < 4.78 is 24.7. The number of carboxylic acids is 2. The Morgan fingerprint density at radius 2 is 1.83 bits per heavy atom. The van der Waals surface area contributed by atoms with Crippen LogP contribution in [0.15, 0.2) is 0 Å². The molecule has 1 unspecified atom stereocenters. The molecule has 70 valence electrons. The standard InChI is InChI=1S/C6H8F2O4/c1-6(7,8)3(5(11)12)2-4(9)10/h3H,2H2,1H3,(H,9,10)(H,11,12). The number of alkyl halides is 2. The van der Waals surface area contributed by atoms with Gasteiger partial charge in [-0.05, 0) is 0 Å². The molecule has 0 amide bonds. The summed E-state index contributed by atoms with van der Waals surface area (Å²) in [7, 11) is 0. The maximum absolute atomic E-state index is 12.4. The Kier molecular flexibility index (Phi) is 3.12. The Bertz CT molecular complexity index is 196. The van der Waals surface area contributed by atoms with Gasteiger partial charge in [0, 0.05) is 6.92 Å². The second-order valence-corrected chi connectivity index (χ2v) is 2.44. The minimum atomic E-state index is -3.51. The van der Waals surface area contributed by atoms with E-state index in [-0.39, 0.29) is 0 Å². The molecule has 0 fully saturated rings. The Morgan fingerprint density at radius 3 is 1.92 bits per heavy atom. The molecule has 0 aliphatic heterocycles. The zero-order chi connectivity index (χ0) is 9.94. The van der Waals surface area contributed by atoms with Gasteiger partial charge >= 0.3 is 11.9 Å². The number of carbonyl (C=O) groups is 2. The number of halogens is 2. The van der Waals surface area contributed by atoms with Crippen LogP contribution >= 0.6 is 0 Å². The molecule has 0 aromatic heterocycles. The first-order valence-corrected chi connectivity index (χ1v) is 3.07. The molecule has 0 saturated heterocycles. The van der Waals surface area contributed by atoms with Crippen LogP contribution in [0.1, 0.15) is 13.3 Å². The van der Waals surface area contributed by atoms with Gasteiger partial charge < -0.3 is 10.2 Å². The highest BCUT2D eigenvalue weighted by atomic mass is 19.3. The Balaban J connectivity index is 4.46. The summed E-state index contributed by atoms with van der Waals surface area (Å²) in [5.41, 5.74) is 0. The number of hydrogen-bond donors (Lipinski definition) is 2. The Hall–Kier alpha value is -1.20. The highest BCUT2D eigenvalue weighted by molar-refractivity contribution is 5.78. The van der Waals surface area contributed by atoms with Gasteiger partial charge in [-0.3, -0.25) is 9.59 Å². The van der Waals surface area contributed by atoms with E-state index in [0.717, 1.165) is 0 Å². The first-order chi connectivity index (χ1) is 5.25. The van der Waals surface area contributed by atoms with Gasteiger partial charge in [0.25, 0.3) is 5.92 Å². The molecule has 1 atom stereocenters. The van der Waals surface area contributed by atoms with E-state index in [9.17, 15) is 18.4 Å². The molecule has 0 aromatic rings. The molecule has 0 aliphatic rings. The predicted molar refractivity (Wildman–Crippen MR) is 34.0 cm³/mol. The van der Waals surface area contributed by atoms with Crippen molar-refractivity contribution in [2.24, 2.45) is 5.92 Å². The summed E-state index contributed by atoms with van der Waals surface area (Å²) in [5.74, 6) is -9.02. The lowest BCUT2D eigenvalue weighted by Crippen LogP contribution is -2.33. The molecule has 2 N–H and O–H groups in total. The van der Waals surface area contributed by atoms with E-state index in [4.69, 9.17) is 10.2 Å². The number of carboxylic acid groups (broad SMARTS) is 2. The van der Waals surface area contributed by atoms with Crippen LogP contribution < -0.4 is 0 Å². The van der Waals surface area contributed by atoms with Crippen molar-refractivity contribution >= 4 is 11.9 Å². The number of rotatable bonds is 4. The second-order valence-electron chi connectivity index (χ2n) is 2.44. The van der Waals surface area contributed by atoms with Crippen LogP contribution in [0.4, 0.5) is 8.78 Å². The van der Waals surface area contributed by atoms with E-state index in [0.29, 0.717) is 6.92 Å². The Morgan fingerprint density at radius 1 is 1.42 bits per heavy atom. The largest absolute Gasteiger partial charge is 0.481 e. The molecular formula is C6H8F2O4. The van der Waals surface area contributed by atoms with Gasteiger partial charge in [0.15, 0.2) is 0 Å². The van der Waals surface area contributed by atoms with E-state index in [1.54, 1.807) is 0 Å². The molecule has 6 heteroatoms. The van der Waals surface area contributed by atoms with Gasteiger partial charge in [-0.2, -0.15) is 0 Å². The molecule has 0 radical (unpaired) electrons. The zero-order valence-electron chi connectivity index (χ0n) is 6.25. The fraction of sp³-hybridized carbons (Fsp3) is 0.667. The fourth-order valence-electron chi connectivity index (χ4n) is 0.658. The van der Waals surface area contributed by atoms with E-state index in [2.05, 4.69) is 0 Å². The van der Waals surface area contributed by atoms with E-state index in [1.165, 1.54) is 0 Å². The molecule has 4 nitrogen and oxygen atoms in total. The number of hydrogen-bond acceptors (Lipinski definition) is 2. The molecule has 0 aliphatic carbocycles. The van der Waals surface area contributed by atoms with Crippen molar-refractivity contribution in [2.75, 3.05) is 0 Å². The average Bonchev–Trinajstić information content (AvgIpc) is 1.79. The molecule has 0 spiro atoms. The van der Waals surface area contributed by atoms with Gasteiger partial charge in [0.2, 0.25) is 0 Å². The van der Waals surface area contributed by atoms with Crippen molar-refractivity contribution in [3.05, 3.63) is 0 Å². The number of aliphatic carboxylic acids is 2. The van der Waals surface area contributed by atoms with Gasteiger partial charge in [0.1, 0.15) is 5.92 Å². The minimum absolute atomic E-state index is 0.384. The van der Waals surface area contributed by atoms with Gasteiger partial charge in [0.05, 0.1) is 6.42 Å². The van der Waals surface area contributed by atoms with Crippen LogP contribution in [0.3, 0.4) is 0 Å². The highest BCUT2D eigenvalue weighted by Crippen LogP contribution is 2.26. The normalized spacial score (nSPS) is 13.9. The van der Waals surface area contributed by atoms with Crippen molar-refractivity contribution in [2.45, 2.75) is 19.3 Å². The fourth-order valence-corrected chi connectivity index (χ4v) is 0.658. The molecule has 0 heterocycles. The summed E-state index contributed by atoms with van der Waals surface area (Å²) >= 11 is 0. The van der Waals surface area contributed by atoms with E-state index in [1.807, 2.05) is 0 Å². The molecule has 12 heavy (non-hydrogen) atoms. The summed E-state index contributed by atoms with van der Waals surface area (Å²) in [6, 6.07) is 0. The van der Waals surface area contributed by atoms with Crippen LogP contribution in [0.25, 0.3) is 0 Å². The first-order valence-electron chi connectivity index (χ1n) is 3.07.